The summed E-state index contributed by atoms with van der Waals surface area (Å²) in [6.07, 6.45) is 0. The molecule has 0 unspecified atom stereocenters. The lowest BCUT2D eigenvalue weighted by Crippen LogP contribution is -1.40. The molecule has 2 radical (unpaired) electrons. The molecule has 0 aliphatic heterocycles. The largest absolute Gasteiger partial charge is 0.251 e. The molecule has 0 N–H and O–H groups in total. The van der Waals surface area contributed by atoms with Gasteiger partial charge < -0.3 is 0 Å². The van der Waals surface area contributed by atoms with Crippen LogP contribution < -0.4 is 0 Å². The van der Waals surface area contributed by atoms with E-state index in [2.05, 4.69) is 5.70 Å². The van der Waals surface area contributed by atoms with Crippen LogP contribution in [0.3, 0.4) is 0 Å². The van der Waals surface area contributed by atoms with Crippen molar-refractivity contribution in [1.29, 1.82) is 0 Å². The molecule has 0 aromatic carbocycles. The van der Waals surface area contributed by atoms with Crippen LogP contribution in [0.15, 0.2) is 0 Å². The van der Waals surface area contributed by atoms with Crippen LogP contribution in [0.2, 0.25) is 0 Å². The summed E-state index contributed by atoms with van der Waals surface area (Å²) >= 11 is 1.65. The van der Waals surface area contributed by atoms with E-state index in [1.807, 2.05) is 0 Å². The predicted octanol–water partition coefficient (Wildman–Crippen LogP) is 1.48. The van der Waals surface area contributed by atoms with Crippen LogP contribution >= 0.6 is 22.4 Å². The van der Waals surface area contributed by atoms with Crippen LogP contribution in [-0.2, 0) is 0 Å². The first-order valence-corrected chi connectivity index (χ1v) is 2.44. The smallest absolute Gasteiger partial charge is 0.169 e. The van der Waals surface area contributed by atoms with Gasteiger partial charge in [-0.25, -0.2) is 0 Å². The minimum Gasteiger partial charge on any atom is -0.251 e. The molecule has 0 amide bonds. The van der Waals surface area contributed by atoms with Crippen molar-refractivity contribution in [2.75, 3.05) is 6.67 Å². The molecule has 30 valence electrons. The lowest BCUT2D eigenvalue weighted by atomic mass is 10.8. The Labute approximate surface area is 46.4 Å². The van der Waals surface area contributed by atoms with E-state index < -0.39 is 0 Å². The Morgan fingerprint density at radius 1 is 1.80 bits per heavy atom. The average Bonchev–Trinajstić information content (AvgIpc) is 1.46. The normalized spacial score (nSPS) is 4.60. The zero-order valence-electron chi connectivity index (χ0n) is 3.04. The van der Waals surface area contributed by atoms with Gasteiger partial charge in [0.1, 0.15) is 0 Å². The highest BCUT2D eigenvalue weighted by Gasteiger charge is 1.39. The number of alkyl halides is 1. The van der Waals surface area contributed by atoms with Gasteiger partial charge in [0.15, 0.2) is 5.70 Å². The van der Waals surface area contributed by atoms with Gasteiger partial charge >= 0.3 is 0 Å². The molecule has 5 heavy (non-hydrogen) atoms. The van der Waals surface area contributed by atoms with E-state index >= 15 is 0 Å². The topological polar surface area (TPSA) is 0 Å². The fourth-order valence-corrected chi connectivity index (χ4v) is 0. The summed E-state index contributed by atoms with van der Waals surface area (Å²) in [7, 11) is 0. The summed E-state index contributed by atoms with van der Waals surface area (Å²) in [4.78, 5) is 0. The standard InChI is InChI=1S/C2H5F.BI/c1-2-3;1-2/h2H2,1H3;. The van der Waals surface area contributed by atoms with Gasteiger partial charge in [-0.1, -0.05) is 0 Å². The highest BCUT2D eigenvalue weighted by atomic mass is 127. The molecule has 0 nitrogen and oxygen atoms in total. The van der Waals surface area contributed by atoms with Crippen molar-refractivity contribution in [1.82, 2.24) is 0 Å². The molecule has 3 heteroatoms. The van der Waals surface area contributed by atoms with Gasteiger partial charge in [0.05, 0.1) is 6.67 Å². The summed E-state index contributed by atoms with van der Waals surface area (Å²) in [5.41, 5.74) is 4.47. The van der Waals surface area contributed by atoms with E-state index in [1.54, 1.807) is 22.4 Å². The Bertz CT molecular complexity index is 9.61. The summed E-state index contributed by atoms with van der Waals surface area (Å²) in [5, 5.41) is 0. The Morgan fingerprint density at radius 3 is 1.80 bits per heavy atom. The average molecular weight is 186 g/mol. The molecule has 0 saturated carbocycles. The van der Waals surface area contributed by atoms with Crippen LogP contribution in [0.25, 0.3) is 0 Å². The van der Waals surface area contributed by atoms with E-state index in [-0.39, 0.29) is 6.67 Å². The van der Waals surface area contributed by atoms with Crippen molar-refractivity contribution < 1.29 is 4.39 Å². The molecule has 0 heterocycles. The van der Waals surface area contributed by atoms with Crippen LogP contribution in [-0.4, -0.2) is 12.4 Å². The first-order chi connectivity index (χ1) is 2.41. The Morgan fingerprint density at radius 2 is 1.80 bits per heavy atom. The number of rotatable bonds is 0. The fraction of sp³-hybridized carbons (Fsp3) is 1.00. The fourth-order valence-electron chi connectivity index (χ4n) is 0. The summed E-state index contributed by atoms with van der Waals surface area (Å²) < 4.78 is 10.3. The van der Waals surface area contributed by atoms with Crippen molar-refractivity contribution in [3.8, 4) is 0 Å². The molecule has 0 aliphatic carbocycles. The number of hydrogen-bond acceptors (Lipinski definition) is 0. The first-order valence-electron chi connectivity index (χ1n) is 1.19. The Hall–Kier alpha value is 0.725. The number of halogens is 2. The van der Waals surface area contributed by atoms with E-state index in [0.29, 0.717) is 0 Å². The first kappa shape index (κ1) is 9.21. The third-order valence-corrected chi connectivity index (χ3v) is 0. The van der Waals surface area contributed by atoms with Gasteiger partial charge in [0.2, 0.25) is 0 Å². The lowest BCUT2D eigenvalue weighted by Gasteiger charge is -1.45. The zero-order valence-corrected chi connectivity index (χ0v) is 5.20. The molecule has 0 saturated heterocycles. The second-order valence-electron chi connectivity index (χ2n) is 0.267. The minimum atomic E-state index is -0.250. The van der Waals surface area contributed by atoms with Crippen molar-refractivity contribution in [3.63, 3.8) is 0 Å². The van der Waals surface area contributed by atoms with Crippen LogP contribution in [0.5, 0.6) is 0 Å². The number of hydrogen-bond donors (Lipinski definition) is 0. The highest BCUT2D eigenvalue weighted by molar-refractivity contribution is 14.1. The predicted molar refractivity (Wildman–Crippen MR) is 31.4 cm³/mol. The van der Waals surface area contributed by atoms with Gasteiger partial charge in [0, 0.05) is 0 Å². The molecule has 0 fully saturated rings. The highest BCUT2D eigenvalue weighted by Crippen LogP contribution is 1.48. The van der Waals surface area contributed by atoms with E-state index in [9.17, 15) is 4.39 Å². The molecule has 0 rings (SSSR count). The quantitative estimate of drug-likeness (QED) is 0.396. The van der Waals surface area contributed by atoms with Gasteiger partial charge in [-0.05, 0) is 6.92 Å². The van der Waals surface area contributed by atoms with Gasteiger partial charge in [-0.2, -0.15) is 22.4 Å². The van der Waals surface area contributed by atoms with Crippen molar-refractivity contribution >= 4 is 28.1 Å². The van der Waals surface area contributed by atoms with Crippen molar-refractivity contribution in [3.05, 3.63) is 0 Å². The maximum Gasteiger partial charge on any atom is 0.169 e. The monoisotopic (exact) mass is 186 g/mol. The molecular weight excluding hydrogens is 181 g/mol. The van der Waals surface area contributed by atoms with Crippen LogP contribution in [0.1, 0.15) is 6.92 Å². The third-order valence-electron chi connectivity index (χ3n) is 0. The van der Waals surface area contributed by atoms with Gasteiger partial charge in [-0.3, -0.25) is 4.39 Å². The SMILES string of the molecule is CCF.[B]I. The Balaban J connectivity index is 0. The summed E-state index contributed by atoms with van der Waals surface area (Å²) in [6, 6.07) is 0. The summed E-state index contributed by atoms with van der Waals surface area (Å²) in [5.74, 6) is 0. The van der Waals surface area contributed by atoms with E-state index in [1.165, 1.54) is 6.92 Å². The minimum absolute atomic E-state index is 0.250. The second kappa shape index (κ2) is 22.0. The van der Waals surface area contributed by atoms with Gasteiger partial charge in [-0.15, -0.1) is 0 Å². The summed E-state index contributed by atoms with van der Waals surface area (Å²) in [6.45, 7) is 1.21. The third kappa shape index (κ3) is 66.8. The molecule has 0 aromatic rings. The Kier molecular flexibility index (Phi) is 40.6. The lowest BCUT2D eigenvalue weighted by molar-refractivity contribution is 0.527. The van der Waals surface area contributed by atoms with Crippen molar-refractivity contribution in [2.24, 2.45) is 0 Å². The van der Waals surface area contributed by atoms with Crippen LogP contribution in [0.4, 0.5) is 4.39 Å². The van der Waals surface area contributed by atoms with E-state index in [4.69, 9.17) is 0 Å². The van der Waals surface area contributed by atoms with Gasteiger partial charge in [0.25, 0.3) is 0 Å². The maximum absolute atomic E-state index is 10.3. The molecular formula is C2H5BFI. The maximum atomic E-state index is 10.3. The van der Waals surface area contributed by atoms with Crippen LogP contribution in [0, 0.1) is 0 Å². The molecule has 0 aliphatic rings. The molecule has 0 aromatic heterocycles. The van der Waals surface area contributed by atoms with E-state index in [0.717, 1.165) is 0 Å². The molecule has 0 bridgehead atoms. The molecule has 0 atom stereocenters. The van der Waals surface area contributed by atoms with Crippen molar-refractivity contribution in [2.45, 2.75) is 6.92 Å². The second-order valence-corrected chi connectivity index (χ2v) is 0.267. The molecule has 0 spiro atoms. The zero-order chi connectivity index (χ0) is 4.71.